The minimum Gasteiger partial charge on any atom is -0.459 e. The molecule has 6 heteroatoms. The largest absolute Gasteiger partial charge is 0.459 e. The van der Waals surface area contributed by atoms with Gasteiger partial charge in [0.25, 0.3) is 0 Å². The average Bonchev–Trinajstić information content (AvgIpc) is 3.57. The molecule has 0 fully saturated rings. The number of hydrogen-bond acceptors (Lipinski definition) is 4. The van der Waals surface area contributed by atoms with E-state index in [1.807, 2.05) is 30.5 Å². The van der Waals surface area contributed by atoms with E-state index in [1.165, 1.54) is 11.3 Å². The first kappa shape index (κ1) is 27.5. The molecule has 1 aliphatic rings. The highest BCUT2D eigenvalue weighted by Crippen LogP contribution is 2.44. The smallest absolute Gasteiger partial charge is 0.192 e. The van der Waals surface area contributed by atoms with Crippen LogP contribution in [0.2, 0.25) is 0 Å². The molecule has 3 heterocycles. The molecule has 6 aromatic rings. The molecule has 218 valence electrons. The van der Waals surface area contributed by atoms with Gasteiger partial charge in [0.05, 0.1) is 35.6 Å². The third-order valence-electron chi connectivity index (χ3n) is 8.44. The van der Waals surface area contributed by atoms with Gasteiger partial charge >= 0.3 is 0 Å². The van der Waals surface area contributed by atoms with Crippen molar-refractivity contribution in [2.45, 2.75) is 46.1 Å². The SMILES string of the molecule is [C-]#[N+]c1cc(Oc2ccc3c4ccccc4n(-c4cc(C(C)(C)C)ccn4)c3c2)cc(N2CN(C(C)C)c3ccccc32)c1. The molecule has 4 aromatic carbocycles. The molecule has 0 amide bonds. The number of hydrogen-bond donors (Lipinski definition) is 0. The van der Waals surface area contributed by atoms with E-state index in [-0.39, 0.29) is 5.41 Å². The van der Waals surface area contributed by atoms with Gasteiger partial charge in [0, 0.05) is 40.8 Å². The van der Waals surface area contributed by atoms with Crippen LogP contribution in [0.1, 0.15) is 40.2 Å². The number of rotatable bonds is 5. The van der Waals surface area contributed by atoms with Crippen molar-refractivity contribution in [2.24, 2.45) is 0 Å². The van der Waals surface area contributed by atoms with Crippen LogP contribution in [0.3, 0.4) is 0 Å². The second-order valence-corrected chi connectivity index (χ2v) is 12.7. The van der Waals surface area contributed by atoms with Gasteiger partial charge in [-0.2, -0.15) is 0 Å². The molecule has 0 radical (unpaired) electrons. The van der Waals surface area contributed by atoms with Gasteiger partial charge in [-0.3, -0.25) is 4.57 Å². The maximum atomic E-state index is 7.82. The Hall–Kier alpha value is -5.28. The molecule has 0 atom stereocenters. The molecule has 2 aromatic heterocycles. The minimum atomic E-state index is -0.00158. The van der Waals surface area contributed by atoms with E-state index < -0.39 is 0 Å². The van der Waals surface area contributed by atoms with Crippen molar-refractivity contribution in [1.29, 1.82) is 0 Å². The van der Waals surface area contributed by atoms with Gasteiger partial charge < -0.3 is 14.5 Å². The van der Waals surface area contributed by atoms with E-state index >= 15 is 0 Å². The Morgan fingerprint density at radius 2 is 1.55 bits per heavy atom. The van der Waals surface area contributed by atoms with E-state index in [9.17, 15) is 0 Å². The summed E-state index contributed by atoms with van der Waals surface area (Å²) >= 11 is 0. The van der Waals surface area contributed by atoms with E-state index in [1.54, 1.807) is 0 Å². The lowest BCUT2D eigenvalue weighted by molar-refractivity contribution is 0.483. The number of fused-ring (bicyclic) bond motifs is 4. The number of anilines is 3. The zero-order valence-electron chi connectivity index (χ0n) is 25.7. The van der Waals surface area contributed by atoms with Gasteiger partial charge in [0.2, 0.25) is 0 Å². The highest BCUT2D eigenvalue weighted by molar-refractivity contribution is 6.09. The molecule has 0 saturated heterocycles. The predicted molar refractivity (Wildman–Crippen MR) is 181 cm³/mol. The molecule has 0 N–H and O–H groups in total. The maximum absolute atomic E-state index is 7.82. The fourth-order valence-corrected chi connectivity index (χ4v) is 6.15. The van der Waals surface area contributed by atoms with Crippen LogP contribution < -0.4 is 14.5 Å². The number of pyridine rings is 1. The predicted octanol–water partition coefficient (Wildman–Crippen LogP) is 10.1. The summed E-state index contributed by atoms with van der Waals surface area (Å²) < 4.78 is 8.76. The van der Waals surface area contributed by atoms with Gasteiger partial charge in [-0.25, -0.2) is 9.83 Å². The fourth-order valence-electron chi connectivity index (χ4n) is 6.15. The van der Waals surface area contributed by atoms with Crippen LogP contribution in [-0.2, 0) is 5.41 Å². The zero-order chi connectivity index (χ0) is 30.6. The lowest BCUT2D eigenvalue weighted by Gasteiger charge is -2.25. The van der Waals surface area contributed by atoms with Gasteiger partial charge in [0.1, 0.15) is 17.3 Å². The number of nitrogens with zero attached hydrogens (tertiary/aromatic N) is 5. The molecule has 44 heavy (non-hydrogen) atoms. The maximum Gasteiger partial charge on any atom is 0.192 e. The molecular formula is C38H35N5O. The van der Waals surface area contributed by atoms with Gasteiger partial charge in [-0.1, -0.05) is 51.1 Å². The lowest BCUT2D eigenvalue weighted by atomic mass is 9.88. The highest BCUT2D eigenvalue weighted by Gasteiger charge is 2.28. The third kappa shape index (κ3) is 4.71. The first-order valence-corrected chi connectivity index (χ1v) is 15.0. The minimum absolute atomic E-state index is 0.00158. The Labute approximate surface area is 258 Å². The summed E-state index contributed by atoms with van der Waals surface area (Å²) in [5.41, 5.74) is 7.13. The number of para-hydroxylation sites is 3. The summed E-state index contributed by atoms with van der Waals surface area (Å²) in [7, 11) is 0. The number of ether oxygens (including phenoxy) is 1. The first-order chi connectivity index (χ1) is 21.2. The summed E-state index contributed by atoms with van der Waals surface area (Å²) in [6, 6.07) is 33.5. The van der Waals surface area contributed by atoms with Crippen LogP contribution in [-0.4, -0.2) is 22.3 Å². The van der Waals surface area contributed by atoms with E-state index in [2.05, 4.69) is 127 Å². The van der Waals surface area contributed by atoms with Crippen molar-refractivity contribution in [1.82, 2.24) is 9.55 Å². The fraction of sp³-hybridized carbons (Fsp3) is 0.211. The normalized spacial score (nSPS) is 13.1. The van der Waals surface area contributed by atoms with Crippen LogP contribution in [0, 0.1) is 6.57 Å². The Morgan fingerprint density at radius 3 is 2.32 bits per heavy atom. The Morgan fingerprint density at radius 1 is 0.795 bits per heavy atom. The van der Waals surface area contributed by atoms with Crippen LogP contribution in [0.15, 0.2) is 103 Å². The monoisotopic (exact) mass is 577 g/mol. The van der Waals surface area contributed by atoms with Crippen molar-refractivity contribution >= 4 is 44.6 Å². The lowest BCUT2D eigenvalue weighted by Crippen LogP contribution is -2.33. The quantitative estimate of drug-likeness (QED) is 0.191. The molecular weight excluding hydrogens is 542 g/mol. The topological polar surface area (TPSA) is 37.9 Å². The summed E-state index contributed by atoms with van der Waals surface area (Å²) in [4.78, 5) is 13.2. The molecule has 0 unspecified atom stereocenters. The second kappa shape index (κ2) is 10.5. The van der Waals surface area contributed by atoms with Crippen molar-refractivity contribution in [3.05, 3.63) is 120 Å². The Bertz CT molecular complexity index is 2080. The Balaban J connectivity index is 1.32. The van der Waals surface area contributed by atoms with Gasteiger partial charge in [-0.15, -0.1) is 0 Å². The van der Waals surface area contributed by atoms with Gasteiger partial charge in [-0.05, 0) is 79.4 Å². The average molecular weight is 578 g/mol. The van der Waals surface area contributed by atoms with Crippen LogP contribution in [0.5, 0.6) is 11.5 Å². The molecule has 0 spiro atoms. The summed E-state index contributed by atoms with van der Waals surface area (Å²) in [6.45, 7) is 19.6. The van der Waals surface area contributed by atoms with Crippen molar-refractivity contribution in [2.75, 3.05) is 16.5 Å². The second-order valence-electron chi connectivity index (χ2n) is 12.7. The molecule has 0 saturated carbocycles. The summed E-state index contributed by atoms with van der Waals surface area (Å²) in [5, 5.41) is 2.30. The zero-order valence-corrected chi connectivity index (χ0v) is 25.7. The summed E-state index contributed by atoms with van der Waals surface area (Å²) in [5.74, 6) is 2.21. The number of benzene rings is 4. The standard InChI is InChI=1S/C38H35N5O/c1-25(2)41-24-42(35-14-10-9-13-34(35)41)28-20-27(39-6)21-30(22-28)44-29-15-16-32-31-11-7-8-12-33(31)43(36(32)23-29)37-19-26(17-18-40-37)38(3,4)5/h7-23,25H,24H2,1-5H3. The molecule has 0 bridgehead atoms. The third-order valence-corrected chi connectivity index (χ3v) is 8.44. The van der Waals surface area contributed by atoms with E-state index in [0.717, 1.165) is 39.0 Å². The summed E-state index contributed by atoms with van der Waals surface area (Å²) in [6.07, 6.45) is 1.89. The van der Waals surface area contributed by atoms with Gasteiger partial charge in [0.15, 0.2) is 5.69 Å². The van der Waals surface area contributed by atoms with Crippen molar-refractivity contribution < 1.29 is 4.74 Å². The highest BCUT2D eigenvalue weighted by atomic mass is 16.5. The van der Waals surface area contributed by atoms with Crippen LogP contribution >= 0.6 is 0 Å². The van der Waals surface area contributed by atoms with E-state index in [4.69, 9.17) is 16.3 Å². The Kier molecular flexibility index (Phi) is 6.55. The van der Waals surface area contributed by atoms with E-state index in [0.29, 0.717) is 29.9 Å². The molecule has 7 rings (SSSR count). The van der Waals surface area contributed by atoms with Crippen molar-refractivity contribution in [3.63, 3.8) is 0 Å². The molecule has 1 aliphatic heterocycles. The molecule has 0 aliphatic carbocycles. The van der Waals surface area contributed by atoms with Crippen molar-refractivity contribution in [3.8, 4) is 17.3 Å². The molecule has 6 nitrogen and oxygen atoms in total. The first-order valence-electron chi connectivity index (χ1n) is 15.0. The van der Waals surface area contributed by atoms with Crippen LogP contribution in [0.25, 0.3) is 32.5 Å². The van der Waals surface area contributed by atoms with Crippen LogP contribution in [0.4, 0.5) is 22.7 Å². The number of aromatic nitrogens is 2.